The summed E-state index contributed by atoms with van der Waals surface area (Å²) in [6.45, 7) is 2.27. The van der Waals surface area contributed by atoms with Crippen molar-refractivity contribution in [1.82, 2.24) is 0 Å². The van der Waals surface area contributed by atoms with Crippen molar-refractivity contribution < 1.29 is 30.2 Å². The molecule has 0 aromatic heterocycles. The van der Waals surface area contributed by atoms with Gasteiger partial charge in [-0.05, 0) is 6.42 Å². The average Bonchev–Trinajstić information content (AvgIpc) is 2.43. The number of rotatable bonds is 16. The maximum absolute atomic E-state index is 10.3. The minimum Gasteiger partial charge on any atom is -1.00 e. The Labute approximate surface area is 163 Å². The molecule has 128 valence electrons. The Hall–Kier alpha value is 0.600. The van der Waals surface area contributed by atoms with Crippen molar-refractivity contribution in [3.05, 3.63) is 0 Å². The monoisotopic (exact) mass is 322 g/mol. The molecule has 0 bridgehead atoms. The fourth-order valence-corrected chi connectivity index (χ4v) is 2.65. The van der Waals surface area contributed by atoms with Crippen molar-refractivity contribution in [2.24, 2.45) is 0 Å². The molecule has 0 aromatic carbocycles. The third kappa shape index (κ3) is 25.5. The summed E-state index contributed by atoms with van der Waals surface area (Å²) in [5.74, 6) is -0.653. The molecular formula is C18H40AlLiO2. The van der Waals surface area contributed by atoms with Crippen molar-refractivity contribution >= 4 is 23.3 Å². The molecule has 4 heteroatoms. The molecule has 0 rings (SSSR count). The number of unbranched alkanes of at least 4 members (excludes halogenated alkanes) is 14. The second kappa shape index (κ2) is 23.9. The number of hydrogen-bond donors (Lipinski definition) is 1. The third-order valence-corrected chi connectivity index (χ3v) is 3.99. The van der Waals surface area contributed by atoms with Crippen LogP contribution in [0.5, 0.6) is 0 Å². The van der Waals surface area contributed by atoms with E-state index >= 15 is 0 Å². The summed E-state index contributed by atoms with van der Waals surface area (Å²) >= 11 is 0. The van der Waals surface area contributed by atoms with Crippen LogP contribution in [0.4, 0.5) is 0 Å². The van der Waals surface area contributed by atoms with Crippen molar-refractivity contribution in [1.29, 1.82) is 0 Å². The normalized spacial score (nSPS) is 9.86. The van der Waals surface area contributed by atoms with Crippen LogP contribution in [0.2, 0.25) is 0 Å². The third-order valence-electron chi connectivity index (χ3n) is 3.99. The van der Waals surface area contributed by atoms with Crippen LogP contribution in [-0.4, -0.2) is 28.4 Å². The van der Waals surface area contributed by atoms with Crippen LogP contribution in [0.15, 0.2) is 0 Å². The molecule has 0 aliphatic heterocycles. The summed E-state index contributed by atoms with van der Waals surface area (Å²) in [4.78, 5) is 10.3. The van der Waals surface area contributed by atoms with E-state index in [1.807, 2.05) is 0 Å². The van der Waals surface area contributed by atoms with Gasteiger partial charge in [0.25, 0.3) is 0 Å². The van der Waals surface area contributed by atoms with E-state index < -0.39 is 5.97 Å². The molecule has 0 atom stereocenters. The number of hydrogen-bond acceptors (Lipinski definition) is 1. The molecule has 22 heavy (non-hydrogen) atoms. The largest absolute Gasteiger partial charge is 1.00 e. The Morgan fingerprint density at radius 3 is 1.23 bits per heavy atom. The molecule has 0 fully saturated rings. The minimum atomic E-state index is -0.653. The van der Waals surface area contributed by atoms with Gasteiger partial charge >= 0.3 is 24.8 Å². The summed E-state index contributed by atoms with van der Waals surface area (Å²) in [5.41, 5.74) is 0. The van der Waals surface area contributed by atoms with Gasteiger partial charge in [0.1, 0.15) is 0 Å². The van der Waals surface area contributed by atoms with E-state index in [2.05, 4.69) is 6.92 Å². The van der Waals surface area contributed by atoms with E-state index in [4.69, 9.17) is 5.11 Å². The molecule has 0 radical (unpaired) electrons. The smallest absolute Gasteiger partial charge is 1.00 e. The average molecular weight is 322 g/mol. The van der Waals surface area contributed by atoms with Crippen molar-refractivity contribution in [3.8, 4) is 0 Å². The Kier molecular flexibility index (Phi) is 29.8. The predicted octanol–water partition coefficient (Wildman–Crippen LogP) is 2.27. The molecular weight excluding hydrogens is 282 g/mol. The topological polar surface area (TPSA) is 37.3 Å². The number of carboxylic acids is 1. The van der Waals surface area contributed by atoms with Gasteiger partial charge in [-0.3, -0.25) is 4.79 Å². The molecule has 0 saturated heterocycles. The van der Waals surface area contributed by atoms with Crippen LogP contribution >= 0.6 is 0 Å². The zero-order chi connectivity index (χ0) is 14.9. The standard InChI is InChI=1S/C18H36O2.Al.Li.4H/c1-2-3-4-5-6-7-8-9-10-11-12-13-14-15-16-17-18(19)20;;;;;;/h2-17H2,1H3,(H,19,20);;;;;;/q;;+1;;;;-1. The first-order valence-electron chi connectivity index (χ1n) is 8.99. The van der Waals surface area contributed by atoms with Crippen LogP contribution in [0.3, 0.4) is 0 Å². The zero-order valence-electron chi connectivity index (χ0n) is 15.7. The van der Waals surface area contributed by atoms with Gasteiger partial charge in [0.15, 0.2) is 17.4 Å². The summed E-state index contributed by atoms with van der Waals surface area (Å²) in [6.07, 6.45) is 20.2. The Morgan fingerprint density at radius 1 is 0.682 bits per heavy atom. The fourth-order valence-electron chi connectivity index (χ4n) is 2.65. The first-order chi connectivity index (χ1) is 9.77. The summed E-state index contributed by atoms with van der Waals surface area (Å²) in [6, 6.07) is 0. The van der Waals surface area contributed by atoms with E-state index in [1.165, 1.54) is 83.5 Å². The second-order valence-electron chi connectivity index (χ2n) is 6.09. The van der Waals surface area contributed by atoms with Crippen LogP contribution in [0.1, 0.15) is 111 Å². The first-order valence-corrected chi connectivity index (χ1v) is 8.99. The molecule has 0 aliphatic carbocycles. The second-order valence-corrected chi connectivity index (χ2v) is 6.09. The quantitative estimate of drug-likeness (QED) is 0.350. The number of aliphatic carboxylic acids is 1. The fraction of sp³-hybridized carbons (Fsp3) is 0.944. The molecule has 0 aromatic rings. The SMILES string of the molecule is CCCCCCCCCCCCCCCCCC(=O)O.[AlH3].[H-].[Li+]. The first kappa shape index (κ1) is 27.4. The maximum atomic E-state index is 10.3. The summed E-state index contributed by atoms with van der Waals surface area (Å²) in [5, 5.41) is 8.52. The minimum absolute atomic E-state index is 0. The van der Waals surface area contributed by atoms with E-state index in [0.29, 0.717) is 6.42 Å². The molecule has 0 spiro atoms. The van der Waals surface area contributed by atoms with Gasteiger partial charge in [-0.25, -0.2) is 0 Å². The van der Waals surface area contributed by atoms with Gasteiger partial charge in [0.05, 0.1) is 0 Å². The predicted molar refractivity (Wildman–Crippen MR) is 98.2 cm³/mol. The molecule has 0 saturated carbocycles. The van der Waals surface area contributed by atoms with Gasteiger partial charge in [-0.15, -0.1) is 0 Å². The molecule has 0 amide bonds. The van der Waals surface area contributed by atoms with Gasteiger partial charge in [0, 0.05) is 6.42 Å². The van der Waals surface area contributed by atoms with E-state index in [1.54, 1.807) is 0 Å². The number of carboxylic acid groups (broad SMARTS) is 1. The van der Waals surface area contributed by atoms with Crippen LogP contribution in [-0.2, 0) is 4.79 Å². The van der Waals surface area contributed by atoms with Gasteiger partial charge in [-0.2, -0.15) is 0 Å². The molecule has 1 N–H and O–H groups in total. The van der Waals surface area contributed by atoms with Gasteiger partial charge in [0.2, 0.25) is 0 Å². The Bertz CT molecular complexity index is 219. The van der Waals surface area contributed by atoms with Crippen LogP contribution in [0, 0.1) is 0 Å². The number of carbonyl (C=O) groups is 1. The Balaban J connectivity index is -0.000000602. The van der Waals surface area contributed by atoms with Crippen LogP contribution in [0.25, 0.3) is 0 Å². The summed E-state index contributed by atoms with van der Waals surface area (Å²) < 4.78 is 0. The van der Waals surface area contributed by atoms with E-state index in [-0.39, 0.29) is 37.6 Å². The Morgan fingerprint density at radius 2 is 0.955 bits per heavy atom. The molecule has 0 unspecified atom stereocenters. The molecule has 0 heterocycles. The zero-order valence-corrected chi connectivity index (χ0v) is 14.7. The van der Waals surface area contributed by atoms with Crippen molar-refractivity contribution in [2.45, 2.75) is 110 Å². The van der Waals surface area contributed by atoms with E-state index in [0.717, 1.165) is 12.8 Å². The van der Waals surface area contributed by atoms with Crippen molar-refractivity contribution in [2.75, 3.05) is 0 Å². The molecule has 2 nitrogen and oxygen atoms in total. The van der Waals surface area contributed by atoms with Gasteiger partial charge < -0.3 is 6.53 Å². The van der Waals surface area contributed by atoms with Crippen molar-refractivity contribution in [3.63, 3.8) is 0 Å². The maximum Gasteiger partial charge on any atom is 1.00 e. The van der Waals surface area contributed by atoms with E-state index in [9.17, 15) is 4.79 Å². The molecule has 0 aliphatic rings. The summed E-state index contributed by atoms with van der Waals surface area (Å²) in [7, 11) is 0. The van der Waals surface area contributed by atoms with Crippen LogP contribution < -0.4 is 18.9 Å². The van der Waals surface area contributed by atoms with Gasteiger partial charge in [-0.1, -0.05) is 96.8 Å².